The molecule has 1 fully saturated rings. The van der Waals surface area contributed by atoms with Gasteiger partial charge in [-0.25, -0.2) is 8.42 Å². The lowest BCUT2D eigenvalue weighted by molar-refractivity contribution is -0.130. The molecule has 1 aromatic heterocycles. The normalized spacial score (nSPS) is 16.0. The fraction of sp³-hybridized carbons (Fsp3) is 0.615. The minimum absolute atomic E-state index is 0.0237. The highest BCUT2D eigenvalue weighted by Gasteiger charge is 2.22. The fourth-order valence-corrected chi connectivity index (χ4v) is 3.07. The molecule has 1 aromatic rings. The Balaban J connectivity index is 1.92. The van der Waals surface area contributed by atoms with E-state index in [1.807, 2.05) is 0 Å². The van der Waals surface area contributed by atoms with Gasteiger partial charge in [0.25, 0.3) is 0 Å². The number of nitrogens with zero attached hydrogens (tertiary/aromatic N) is 2. The summed E-state index contributed by atoms with van der Waals surface area (Å²) in [6.45, 7) is 1.93. The highest BCUT2D eigenvalue weighted by Crippen LogP contribution is 2.12. The van der Waals surface area contributed by atoms with E-state index in [1.165, 1.54) is 10.6 Å². The van der Waals surface area contributed by atoms with E-state index in [-0.39, 0.29) is 25.4 Å². The third-order valence-electron chi connectivity index (χ3n) is 3.42. The molecule has 0 radical (unpaired) electrons. The molecule has 2 heterocycles. The van der Waals surface area contributed by atoms with Crippen molar-refractivity contribution < 1.29 is 17.6 Å². The van der Waals surface area contributed by atoms with Gasteiger partial charge in [-0.2, -0.15) is 4.31 Å². The summed E-state index contributed by atoms with van der Waals surface area (Å²) in [6.07, 6.45) is 4.94. The van der Waals surface area contributed by atoms with Crippen molar-refractivity contribution in [3.8, 4) is 0 Å². The molecule has 7 heteroatoms. The van der Waals surface area contributed by atoms with Gasteiger partial charge in [-0.15, -0.1) is 0 Å². The van der Waals surface area contributed by atoms with Crippen LogP contribution in [0.4, 0.5) is 0 Å². The van der Waals surface area contributed by atoms with Gasteiger partial charge in [0.2, 0.25) is 15.9 Å². The van der Waals surface area contributed by atoms with E-state index in [9.17, 15) is 13.2 Å². The first-order chi connectivity index (χ1) is 9.47. The standard InChI is InChI=1S/C13H20N2O4S/c1-20(17,18)15(11-12-5-4-10-19-12)9-6-13(16)14-7-2-3-8-14/h4-5,10H,2-3,6-9,11H2,1H3. The zero-order valence-corrected chi connectivity index (χ0v) is 12.4. The number of carbonyl (C=O) groups is 1. The number of hydrogen-bond acceptors (Lipinski definition) is 4. The van der Waals surface area contributed by atoms with Crippen LogP contribution in [-0.2, 0) is 21.4 Å². The summed E-state index contributed by atoms with van der Waals surface area (Å²) < 4.78 is 29.9. The first-order valence-corrected chi connectivity index (χ1v) is 8.57. The number of rotatable bonds is 6. The van der Waals surface area contributed by atoms with Gasteiger partial charge in [-0.3, -0.25) is 4.79 Å². The second kappa shape index (κ2) is 6.41. The third-order valence-corrected chi connectivity index (χ3v) is 4.66. The van der Waals surface area contributed by atoms with Gasteiger partial charge in [0.1, 0.15) is 5.76 Å². The summed E-state index contributed by atoms with van der Waals surface area (Å²) in [7, 11) is -3.36. The lowest BCUT2D eigenvalue weighted by atomic mass is 10.3. The van der Waals surface area contributed by atoms with Crippen LogP contribution in [0.2, 0.25) is 0 Å². The second-order valence-corrected chi connectivity index (χ2v) is 7.00. The van der Waals surface area contributed by atoms with Crippen molar-refractivity contribution in [2.24, 2.45) is 0 Å². The summed E-state index contributed by atoms with van der Waals surface area (Å²) in [6, 6.07) is 3.44. The van der Waals surface area contributed by atoms with Crippen LogP contribution in [0.5, 0.6) is 0 Å². The molecule has 0 aliphatic carbocycles. The minimum Gasteiger partial charge on any atom is -0.468 e. The van der Waals surface area contributed by atoms with Crippen molar-refractivity contribution in [3.63, 3.8) is 0 Å². The molecule has 1 aliphatic heterocycles. The van der Waals surface area contributed by atoms with E-state index >= 15 is 0 Å². The van der Waals surface area contributed by atoms with Crippen molar-refractivity contribution in [2.45, 2.75) is 25.8 Å². The molecule has 2 rings (SSSR count). The molecule has 1 aliphatic rings. The second-order valence-electron chi connectivity index (χ2n) is 5.01. The summed E-state index contributed by atoms with van der Waals surface area (Å²) in [4.78, 5) is 13.8. The van der Waals surface area contributed by atoms with Crippen molar-refractivity contribution in [1.82, 2.24) is 9.21 Å². The Morgan fingerprint density at radius 1 is 1.40 bits per heavy atom. The highest BCUT2D eigenvalue weighted by atomic mass is 32.2. The lowest BCUT2D eigenvalue weighted by Crippen LogP contribution is -2.35. The molecule has 0 N–H and O–H groups in total. The van der Waals surface area contributed by atoms with Gasteiger partial charge in [-0.1, -0.05) is 0 Å². The summed E-state index contributed by atoms with van der Waals surface area (Å²) in [5, 5.41) is 0. The summed E-state index contributed by atoms with van der Waals surface area (Å²) in [5.41, 5.74) is 0. The van der Waals surface area contributed by atoms with Gasteiger partial charge in [0, 0.05) is 26.1 Å². The van der Waals surface area contributed by atoms with E-state index in [2.05, 4.69) is 0 Å². The van der Waals surface area contributed by atoms with E-state index in [0.717, 1.165) is 32.2 Å². The Hall–Kier alpha value is -1.34. The van der Waals surface area contributed by atoms with Crippen LogP contribution >= 0.6 is 0 Å². The number of likely N-dealkylation sites (tertiary alicyclic amines) is 1. The topological polar surface area (TPSA) is 70.8 Å². The molecule has 0 unspecified atom stereocenters. The van der Waals surface area contributed by atoms with E-state index < -0.39 is 10.0 Å². The molecule has 0 aromatic carbocycles. The van der Waals surface area contributed by atoms with Crippen molar-refractivity contribution in [3.05, 3.63) is 24.2 Å². The molecule has 20 heavy (non-hydrogen) atoms. The molecule has 1 amide bonds. The van der Waals surface area contributed by atoms with Crippen LogP contribution in [0.25, 0.3) is 0 Å². The van der Waals surface area contributed by atoms with Crippen LogP contribution in [-0.4, -0.2) is 49.4 Å². The Bertz CT molecular complexity index is 533. The largest absolute Gasteiger partial charge is 0.468 e. The lowest BCUT2D eigenvalue weighted by Gasteiger charge is -2.20. The summed E-state index contributed by atoms with van der Waals surface area (Å²) >= 11 is 0. The van der Waals surface area contributed by atoms with Gasteiger partial charge < -0.3 is 9.32 Å². The summed E-state index contributed by atoms with van der Waals surface area (Å²) in [5.74, 6) is 0.597. The van der Waals surface area contributed by atoms with Crippen molar-refractivity contribution in [2.75, 3.05) is 25.9 Å². The molecule has 0 saturated carbocycles. The van der Waals surface area contributed by atoms with Crippen molar-refractivity contribution >= 4 is 15.9 Å². The maximum atomic E-state index is 12.0. The monoisotopic (exact) mass is 300 g/mol. The molecular formula is C13H20N2O4S. The maximum absolute atomic E-state index is 12.0. The van der Waals surface area contributed by atoms with Crippen LogP contribution in [0.15, 0.2) is 22.8 Å². The van der Waals surface area contributed by atoms with E-state index in [4.69, 9.17) is 4.42 Å². The smallest absolute Gasteiger partial charge is 0.223 e. The molecule has 1 saturated heterocycles. The first kappa shape index (κ1) is 15.1. The van der Waals surface area contributed by atoms with E-state index in [0.29, 0.717) is 5.76 Å². The van der Waals surface area contributed by atoms with Crippen LogP contribution in [0, 0.1) is 0 Å². The SMILES string of the molecule is CS(=O)(=O)N(CCC(=O)N1CCCC1)Cc1ccco1. The zero-order chi connectivity index (χ0) is 14.6. The predicted molar refractivity (Wildman–Crippen MR) is 74.4 cm³/mol. The number of sulfonamides is 1. The van der Waals surface area contributed by atoms with E-state index in [1.54, 1.807) is 17.0 Å². The Morgan fingerprint density at radius 3 is 2.65 bits per heavy atom. The van der Waals surface area contributed by atoms with Crippen LogP contribution in [0.3, 0.4) is 0 Å². The average molecular weight is 300 g/mol. The van der Waals surface area contributed by atoms with Gasteiger partial charge >= 0.3 is 0 Å². The first-order valence-electron chi connectivity index (χ1n) is 6.72. The zero-order valence-electron chi connectivity index (χ0n) is 11.6. The highest BCUT2D eigenvalue weighted by molar-refractivity contribution is 7.88. The maximum Gasteiger partial charge on any atom is 0.223 e. The van der Waals surface area contributed by atoms with Gasteiger partial charge in [0.05, 0.1) is 19.1 Å². The van der Waals surface area contributed by atoms with Crippen LogP contribution < -0.4 is 0 Å². The fourth-order valence-electron chi connectivity index (χ4n) is 2.28. The molecule has 6 nitrogen and oxygen atoms in total. The molecule has 0 atom stereocenters. The number of hydrogen-bond donors (Lipinski definition) is 0. The van der Waals surface area contributed by atoms with Gasteiger partial charge in [0.15, 0.2) is 0 Å². The molecule has 0 bridgehead atoms. The molecule has 112 valence electrons. The minimum atomic E-state index is -3.36. The Morgan fingerprint density at radius 2 is 2.10 bits per heavy atom. The average Bonchev–Trinajstić information content (AvgIpc) is 3.05. The number of carbonyl (C=O) groups excluding carboxylic acids is 1. The molecule has 0 spiro atoms. The third kappa shape index (κ3) is 4.08. The van der Waals surface area contributed by atoms with Gasteiger partial charge in [-0.05, 0) is 25.0 Å². The quantitative estimate of drug-likeness (QED) is 0.787. The van der Waals surface area contributed by atoms with Crippen molar-refractivity contribution in [1.29, 1.82) is 0 Å². The predicted octanol–water partition coefficient (Wildman–Crippen LogP) is 1.05. The Kier molecular flexibility index (Phi) is 4.82. The Labute approximate surface area is 119 Å². The number of amides is 1. The molecular weight excluding hydrogens is 280 g/mol. The van der Waals surface area contributed by atoms with Crippen LogP contribution in [0.1, 0.15) is 25.0 Å². The number of furan rings is 1.